The smallest absolute Gasteiger partial charge is 0.255 e. The molecule has 0 radical (unpaired) electrons. The van der Waals surface area contributed by atoms with E-state index in [1.165, 1.54) is 10.9 Å². The number of piperazine rings is 1. The van der Waals surface area contributed by atoms with Gasteiger partial charge >= 0.3 is 0 Å². The molecule has 4 rings (SSSR count). The first kappa shape index (κ1) is 17.1. The molecule has 0 atom stereocenters. The molecule has 3 aromatic rings. The van der Waals surface area contributed by atoms with Crippen LogP contribution in [0.15, 0.2) is 59.5 Å². The number of carbonyl (C=O) groups is 1. The second-order valence-electron chi connectivity index (χ2n) is 6.45. The largest absolute Gasteiger partial charge is 0.336 e. The van der Waals surface area contributed by atoms with Gasteiger partial charge in [0.1, 0.15) is 0 Å². The second kappa shape index (κ2) is 7.51. The van der Waals surface area contributed by atoms with Crippen LogP contribution in [0.4, 0.5) is 0 Å². The van der Waals surface area contributed by atoms with Gasteiger partial charge in [-0.2, -0.15) is 0 Å². The number of aromatic nitrogens is 2. The van der Waals surface area contributed by atoms with Crippen LogP contribution in [0.5, 0.6) is 0 Å². The molecule has 3 heterocycles. The number of hydrogen-bond donors (Lipinski definition) is 0. The molecule has 0 saturated carbocycles. The maximum absolute atomic E-state index is 12.6. The molecular formula is C20H19BrN4O. The lowest BCUT2D eigenvalue weighted by atomic mass is 10.1. The van der Waals surface area contributed by atoms with Gasteiger partial charge in [-0.3, -0.25) is 19.7 Å². The van der Waals surface area contributed by atoms with Gasteiger partial charge in [-0.25, -0.2) is 0 Å². The lowest BCUT2D eigenvalue weighted by molar-refractivity contribution is 0.0628. The third-order valence-corrected chi connectivity index (χ3v) is 5.16. The number of amides is 1. The van der Waals surface area contributed by atoms with Crippen molar-refractivity contribution in [1.82, 2.24) is 19.8 Å². The van der Waals surface area contributed by atoms with Crippen molar-refractivity contribution in [1.29, 1.82) is 0 Å². The minimum atomic E-state index is 0.0466. The van der Waals surface area contributed by atoms with E-state index in [-0.39, 0.29) is 5.91 Å². The molecule has 1 amide bonds. The fourth-order valence-electron chi connectivity index (χ4n) is 3.36. The molecule has 0 N–H and O–H groups in total. The van der Waals surface area contributed by atoms with Gasteiger partial charge in [0.2, 0.25) is 0 Å². The highest BCUT2D eigenvalue weighted by molar-refractivity contribution is 9.10. The predicted octanol–water partition coefficient (Wildman–Crippen LogP) is 3.35. The average Bonchev–Trinajstić information content (AvgIpc) is 2.68. The topological polar surface area (TPSA) is 49.3 Å². The summed E-state index contributed by atoms with van der Waals surface area (Å²) < 4.78 is 0.824. The number of halogens is 1. The SMILES string of the molecule is O=C(c1cncc(Br)c1)N1CCN(Cc2cccc3cccnc23)CC1. The standard InChI is InChI=1S/C20H19BrN4O/c21-18-11-17(12-22-13-18)20(26)25-9-7-24(8-10-25)14-16-4-1-3-15-5-2-6-23-19(15)16/h1-6,11-13H,7-10,14H2. The summed E-state index contributed by atoms with van der Waals surface area (Å²) in [4.78, 5) is 25.5. The predicted molar refractivity (Wildman–Crippen MR) is 105 cm³/mol. The molecule has 6 heteroatoms. The van der Waals surface area contributed by atoms with Crippen LogP contribution in [0, 0.1) is 0 Å². The summed E-state index contributed by atoms with van der Waals surface area (Å²) in [5.41, 5.74) is 2.93. The maximum Gasteiger partial charge on any atom is 0.255 e. The van der Waals surface area contributed by atoms with E-state index in [1.807, 2.05) is 23.2 Å². The third kappa shape index (κ3) is 3.61. The zero-order chi connectivity index (χ0) is 17.9. The zero-order valence-corrected chi connectivity index (χ0v) is 15.9. The lowest BCUT2D eigenvalue weighted by Crippen LogP contribution is -2.48. The van der Waals surface area contributed by atoms with E-state index in [4.69, 9.17) is 0 Å². The average molecular weight is 411 g/mol. The van der Waals surface area contributed by atoms with Crippen molar-refractivity contribution in [3.63, 3.8) is 0 Å². The Morgan fingerprint density at radius 2 is 1.88 bits per heavy atom. The molecule has 0 unspecified atom stereocenters. The summed E-state index contributed by atoms with van der Waals surface area (Å²) in [6, 6.07) is 12.2. The van der Waals surface area contributed by atoms with E-state index in [1.54, 1.807) is 12.4 Å². The monoisotopic (exact) mass is 410 g/mol. The summed E-state index contributed by atoms with van der Waals surface area (Å²) >= 11 is 3.37. The first-order valence-electron chi connectivity index (χ1n) is 8.65. The summed E-state index contributed by atoms with van der Waals surface area (Å²) in [7, 11) is 0. The van der Waals surface area contributed by atoms with Gasteiger partial charge in [0, 0.05) is 61.2 Å². The van der Waals surface area contributed by atoms with E-state index >= 15 is 0 Å². The fourth-order valence-corrected chi connectivity index (χ4v) is 3.72. The van der Waals surface area contributed by atoms with E-state index in [2.05, 4.69) is 55.1 Å². The van der Waals surface area contributed by atoms with Crippen molar-refractivity contribution < 1.29 is 4.79 Å². The van der Waals surface area contributed by atoms with Crippen LogP contribution in [-0.2, 0) is 6.54 Å². The first-order chi connectivity index (χ1) is 12.7. The molecule has 1 aromatic carbocycles. The molecule has 1 fully saturated rings. The van der Waals surface area contributed by atoms with Crippen molar-refractivity contribution >= 4 is 32.7 Å². The Hall–Kier alpha value is -2.31. The van der Waals surface area contributed by atoms with Crippen LogP contribution in [0.2, 0.25) is 0 Å². The van der Waals surface area contributed by atoms with Gasteiger partial charge in [-0.15, -0.1) is 0 Å². The number of hydrogen-bond acceptors (Lipinski definition) is 4. The van der Waals surface area contributed by atoms with Crippen LogP contribution in [0.3, 0.4) is 0 Å². The Kier molecular flexibility index (Phi) is 4.95. The highest BCUT2D eigenvalue weighted by atomic mass is 79.9. The Morgan fingerprint density at radius 1 is 1.08 bits per heavy atom. The molecule has 132 valence electrons. The van der Waals surface area contributed by atoms with Crippen molar-refractivity contribution in [3.8, 4) is 0 Å². The van der Waals surface area contributed by atoms with Crippen molar-refractivity contribution in [2.24, 2.45) is 0 Å². The molecule has 0 aliphatic carbocycles. The van der Waals surface area contributed by atoms with Crippen molar-refractivity contribution in [2.45, 2.75) is 6.54 Å². The van der Waals surface area contributed by atoms with E-state index in [9.17, 15) is 4.79 Å². The van der Waals surface area contributed by atoms with Gasteiger partial charge < -0.3 is 4.90 Å². The number of carbonyl (C=O) groups excluding carboxylic acids is 1. The van der Waals surface area contributed by atoms with E-state index < -0.39 is 0 Å². The Morgan fingerprint density at radius 3 is 2.69 bits per heavy atom. The minimum Gasteiger partial charge on any atom is -0.336 e. The van der Waals surface area contributed by atoms with Gasteiger partial charge in [0.25, 0.3) is 5.91 Å². The summed E-state index contributed by atoms with van der Waals surface area (Å²) in [5.74, 6) is 0.0466. The van der Waals surface area contributed by atoms with Gasteiger partial charge in [-0.05, 0) is 33.6 Å². The number of fused-ring (bicyclic) bond motifs is 1. The number of nitrogens with zero attached hydrogens (tertiary/aromatic N) is 4. The number of rotatable bonds is 3. The number of para-hydroxylation sites is 1. The summed E-state index contributed by atoms with van der Waals surface area (Å²) in [5, 5.41) is 1.17. The Bertz CT molecular complexity index is 933. The van der Waals surface area contributed by atoms with Crippen LogP contribution in [-0.4, -0.2) is 51.9 Å². The van der Waals surface area contributed by atoms with Gasteiger partial charge in [0.15, 0.2) is 0 Å². The molecule has 0 spiro atoms. The summed E-state index contributed by atoms with van der Waals surface area (Å²) in [6.07, 6.45) is 5.16. The highest BCUT2D eigenvalue weighted by Crippen LogP contribution is 2.19. The third-order valence-electron chi connectivity index (χ3n) is 4.72. The molecular weight excluding hydrogens is 392 g/mol. The molecule has 1 saturated heterocycles. The van der Waals surface area contributed by atoms with Gasteiger partial charge in [-0.1, -0.05) is 24.3 Å². The molecule has 2 aromatic heterocycles. The van der Waals surface area contributed by atoms with Crippen LogP contribution in [0.1, 0.15) is 15.9 Å². The van der Waals surface area contributed by atoms with Crippen molar-refractivity contribution in [2.75, 3.05) is 26.2 Å². The summed E-state index contributed by atoms with van der Waals surface area (Å²) in [6.45, 7) is 4.02. The quantitative estimate of drug-likeness (QED) is 0.664. The molecule has 1 aliphatic rings. The zero-order valence-electron chi connectivity index (χ0n) is 14.3. The Balaban J connectivity index is 1.41. The number of pyridine rings is 2. The van der Waals surface area contributed by atoms with Gasteiger partial charge in [0.05, 0.1) is 11.1 Å². The molecule has 0 bridgehead atoms. The van der Waals surface area contributed by atoms with Crippen LogP contribution < -0.4 is 0 Å². The van der Waals surface area contributed by atoms with E-state index in [0.717, 1.165) is 42.7 Å². The maximum atomic E-state index is 12.6. The first-order valence-corrected chi connectivity index (χ1v) is 9.45. The second-order valence-corrected chi connectivity index (χ2v) is 7.37. The minimum absolute atomic E-state index is 0.0466. The number of benzene rings is 1. The van der Waals surface area contributed by atoms with E-state index in [0.29, 0.717) is 5.56 Å². The van der Waals surface area contributed by atoms with Crippen LogP contribution >= 0.6 is 15.9 Å². The molecule has 26 heavy (non-hydrogen) atoms. The van der Waals surface area contributed by atoms with Crippen LogP contribution in [0.25, 0.3) is 10.9 Å². The molecule has 5 nitrogen and oxygen atoms in total. The fraction of sp³-hybridized carbons (Fsp3) is 0.250. The highest BCUT2D eigenvalue weighted by Gasteiger charge is 2.23. The normalized spacial score (nSPS) is 15.3. The molecule has 1 aliphatic heterocycles. The lowest BCUT2D eigenvalue weighted by Gasteiger charge is -2.34. The Labute approximate surface area is 160 Å². The van der Waals surface area contributed by atoms with Crippen molar-refractivity contribution in [3.05, 3.63) is 70.6 Å².